The molecule has 3 heteroatoms. The predicted octanol–water partition coefficient (Wildman–Crippen LogP) is 2.70. The van der Waals surface area contributed by atoms with Crippen LogP contribution in [-0.2, 0) is 11.2 Å². The third-order valence-corrected chi connectivity index (χ3v) is 2.95. The lowest BCUT2D eigenvalue weighted by molar-refractivity contribution is 0.112. The van der Waals surface area contributed by atoms with Crippen molar-refractivity contribution >= 4 is 11.3 Å². The normalized spacial score (nSPS) is 12.9. The van der Waals surface area contributed by atoms with E-state index in [9.17, 15) is 0 Å². The van der Waals surface area contributed by atoms with Gasteiger partial charge >= 0.3 is 0 Å². The van der Waals surface area contributed by atoms with Crippen molar-refractivity contribution in [3.8, 4) is 0 Å². The molecule has 1 rings (SSSR count). The Bertz CT molecular complexity index is 236. The first-order valence-electron chi connectivity index (χ1n) is 5.69. The highest BCUT2D eigenvalue weighted by molar-refractivity contribution is 7.07. The van der Waals surface area contributed by atoms with Crippen LogP contribution in [0, 0.1) is 0 Å². The molecule has 0 amide bonds. The number of hydrogen-bond acceptors (Lipinski definition) is 3. The van der Waals surface area contributed by atoms with Crippen molar-refractivity contribution in [1.29, 1.82) is 0 Å². The Balaban J connectivity index is 2.29. The van der Waals surface area contributed by atoms with E-state index in [1.807, 2.05) is 0 Å². The minimum Gasteiger partial charge on any atom is -0.380 e. The number of ether oxygens (including phenoxy) is 1. The Labute approximate surface area is 96.7 Å². The second-order valence-electron chi connectivity index (χ2n) is 3.67. The molecular formula is C12H21NOS. The molecule has 0 aromatic carbocycles. The van der Waals surface area contributed by atoms with Gasteiger partial charge in [-0.1, -0.05) is 13.8 Å². The van der Waals surface area contributed by atoms with E-state index in [-0.39, 0.29) is 0 Å². The Morgan fingerprint density at radius 1 is 1.47 bits per heavy atom. The van der Waals surface area contributed by atoms with Gasteiger partial charge in [0.1, 0.15) is 0 Å². The van der Waals surface area contributed by atoms with Crippen molar-refractivity contribution < 1.29 is 4.74 Å². The number of thiophene rings is 1. The average Bonchev–Trinajstić information content (AvgIpc) is 2.71. The largest absolute Gasteiger partial charge is 0.380 e. The average molecular weight is 227 g/mol. The predicted molar refractivity (Wildman–Crippen MR) is 66.6 cm³/mol. The molecule has 0 aliphatic heterocycles. The van der Waals surface area contributed by atoms with Crippen molar-refractivity contribution in [3.05, 3.63) is 22.4 Å². The second kappa shape index (κ2) is 7.85. The van der Waals surface area contributed by atoms with Crippen LogP contribution in [0.2, 0.25) is 0 Å². The Morgan fingerprint density at radius 3 is 2.93 bits per heavy atom. The Kier molecular flexibility index (Phi) is 6.64. The molecule has 1 aromatic heterocycles. The van der Waals surface area contributed by atoms with E-state index < -0.39 is 0 Å². The van der Waals surface area contributed by atoms with Gasteiger partial charge in [-0.3, -0.25) is 0 Å². The quantitative estimate of drug-likeness (QED) is 0.689. The summed E-state index contributed by atoms with van der Waals surface area (Å²) < 4.78 is 5.59. The van der Waals surface area contributed by atoms with Crippen molar-refractivity contribution in [3.63, 3.8) is 0 Å². The van der Waals surface area contributed by atoms with Crippen molar-refractivity contribution in [2.45, 2.75) is 32.7 Å². The summed E-state index contributed by atoms with van der Waals surface area (Å²) in [7, 11) is 0. The minimum absolute atomic E-state index is 0.455. The summed E-state index contributed by atoms with van der Waals surface area (Å²) in [6.45, 7) is 6.97. The highest BCUT2D eigenvalue weighted by Gasteiger charge is 2.08. The van der Waals surface area contributed by atoms with Crippen LogP contribution in [0.4, 0.5) is 0 Å². The molecule has 0 saturated heterocycles. The Morgan fingerprint density at radius 2 is 2.33 bits per heavy atom. The van der Waals surface area contributed by atoms with E-state index in [1.54, 1.807) is 11.3 Å². The molecule has 86 valence electrons. The van der Waals surface area contributed by atoms with Gasteiger partial charge < -0.3 is 10.1 Å². The molecule has 0 radical (unpaired) electrons. The summed E-state index contributed by atoms with van der Waals surface area (Å²) >= 11 is 1.76. The van der Waals surface area contributed by atoms with E-state index in [2.05, 4.69) is 36.0 Å². The van der Waals surface area contributed by atoms with Gasteiger partial charge in [0.25, 0.3) is 0 Å². The summed E-state index contributed by atoms with van der Waals surface area (Å²) in [4.78, 5) is 0. The van der Waals surface area contributed by atoms with Crippen molar-refractivity contribution in [2.24, 2.45) is 0 Å². The fraction of sp³-hybridized carbons (Fsp3) is 0.667. The maximum atomic E-state index is 5.59. The molecule has 1 N–H and O–H groups in total. The van der Waals surface area contributed by atoms with Crippen LogP contribution in [0.3, 0.4) is 0 Å². The van der Waals surface area contributed by atoms with Crippen LogP contribution in [-0.4, -0.2) is 25.8 Å². The molecule has 0 saturated carbocycles. The van der Waals surface area contributed by atoms with E-state index in [1.165, 1.54) is 5.56 Å². The van der Waals surface area contributed by atoms with Crippen LogP contribution in [0.15, 0.2) is 16.8 Å². The number of nitrogens with one attached hydrogen (secondary N) is 1. The molecule has 1 aromatic rings. The molecular weight excluding hydrogens is 206 g/mol. The van der Waals surface area contributed by atoms with E-state index >= 15 is 0 Å². The summed E-state index contributed by atoms with van der Waals surface area (Å²) in [6, 6.07) is 2.64. The zero-order valence-corrected chi connectivity index (χ0v) is 10.5. The van der Waals surface area contributed by atoms with E-state index in [0.29, 0.717) is 6.04 Å². The topological polar surface area (TPSA) is 21.3 Å². The number of likely N-dealkylation sites (N-methyl/N-ethyl adjacent to an activating group) is 1. The van der Waals surface area contributed by atoms with Crippen molar-refractivity contribution in [2.75, 3.05) is 19.8 Å². The van der Waals surface area contributed by atoms with Gasteiger partial charge in [0.15, 0.2) is 0 Å². The fourth-order valence-corrected chi connectivity index (χ4v) is 2.22. The molecule has 0 fully saturated rings. The van der Waals surface area contributed by atoms with Crippen molar-refractivity contribution in [1.82, 2.24) is 5.32 Å². The lowest BCUT2D eigenvalue weighted by Crippen LogP contribution is -2.35. The summed E-state index contributed by atoms with van der Waals surface area (Å²) in [5.41, 5.74) is 1.41. The molecule has 1 heterocycles. The third-order valence-electron chi connectivity index (χ3n) is 2.22. The summed E-state index contributed by atoms with van der Waals surface area (Å²) in [5, 5.41) is 7.80. The lowest BCUT2D eigenvalue weighted by Gasteiger charge is -2.17. The van der Waals surface area contributed by atoms with Gasteiger partial charge in [0.2, 0.25) is 0 Å². The molecule has 0 bridgehead atoms. The number of hydrogen-bond donors (Lipinski definition) is 1. The molecule has 1 unspecified atom stereocenters. The van der Waals surface area contributed by atoms with Crippen LogP contribution in [0.5, 0.6) is 0 Å². The van der Waals surface area contributed by atoms with Gasteiger partial charge in [0.05, 0.1) is 6.61 Å². The highest BCUT2D eigenvalue weighted by Crippen LogP contribution is 2.09. The van der Waals surface area contributed by atoms with Crippen LogP contribution >= 0.6 is 11.3 Å². The lowest BCUT2D eigenvalue weighted by atomic mass is 10.1. The maximum absolute atomic E-state index is 5.59. The van der Waals surface area contributed by atoms with Gasteiger partial charge in [-0.05, 0) is 41.8 Å². The standard InChI is InChI=1S/C12H21NOS/c1-3-6-14-9-12(13-4-2)8-11-5-7-15-10-11/h5,7,10,12-13H,3-4,6,8-9H2,1-2H3. The summed E-state index contributed by atoms with van der Waals surface area (Å²) in [6.07, 6.45) is 2.17. The van der Waals surface area contributed by atoms with Crippen LogP contribution < -0.4 is 5.32 Å². The summed E-state index contributed by atoms with van der Waals surface area (Å²) in [5.74, 6) is 0. The SMILES string of the molecule is CCCOCC(Cc1ccsc1)NCC. The first kappa shape index (κ1) is 12.7. The molecule has 15 heavy (non-hydrogen) atoms. The molecule has 0 spiro atoms. The van der Waals surface area contributed by atoms with Gasteiger partial charge in [-0.25, -0.2) is 0 Å². The molecule has 1 atom stereocenters. The van der Waals surface area contributed by atoms with E-state index in [4.69, 9.17) is 4.74 Å². The Hall–Kier alpha value is -0.380. The maximum Gasteiger partial charge on any atom is 0.0622 e. The minimum atomic E-state index is 0.455. The number of rotatable bonds is 8. The molecule has 2 nitrogen and oxygen atoms in total. The van der Waals surface area contributed by atoms with Crippen LogP contribution in [0.1, 0.15) is 25.8 Å². The first-order chi connectivity index (χ1) is 7.36. The second-order valence-corrected chi connectivity index (χ2v) is 4.45. The van der Waals surface area contributed by atoms with E-state index in [0.717, 1.165) is 32.6 Å². The monoisotopic (exact) mass is 227 g/mol. The smallest absolute Gasteiger partial charge is 0.0622 e. The third kappa shape index (κ3) is 5.30. The van der Waals surface area contributed by atoms with Gasteiger partial charge in [-0.2, -0.15) is 11.3 Å². The van der Waals surface area contributed by atoms with Gasteiger partial charge in [0, 0.05) is 12.6 Å². The molecule has 0 aliphatic carbocycles. The molecule has 0 aliphatic rings. The zero-order chi connectivity index (χ0) is 10.9. The first-order valence-corrected chi connectivity index (χ1v) is 6.63. The van der Waals surface area contributed by atoms with Gasteiger partial charge in [-0.15, -0.1) is 0 Å². The van der Waals surface area contributed by atoms with Crippen LogP contribution in [0.25, 0.3) is 0 Å². The fourth-order valence-electron chi connectivity index (χ4n) is 1.54. The zero-order valence-electron chi connectivity index (χ0n) is 9.66. The highest BCUT2D eigenvalue weighted by atomic mass is 32.1.